The van der Waals surface area contributed by atoms with Crippen molar-refractivity contribution >= 4 is 49.1 Å². The molecule has 0 saturated carbocycles. The molecule has 0 unspecified atom stereocenters. The second-order valence-corrected chi connectivity index (χ2v) is 5.56. The number of rotatable bonds is 3. The Labute approximate surface area is 130 Å². The molecule has 5 nitrogen and oxygen atoms in total. The molecule has 1 heterocycles. The van der Waals surface area contributed by atoms with Crippen molar-refractivity contribution < 1.29 is 9.66 Å². The summed E-state index contributed by atoms with van der Waals surface area (Å²) in [6.07, 6.45) is 1.52. The minimum atomic E-state index is -0.562. The molecule has 0 bridgehead atoms. The highest BCUT2D eigenvalue weighted by Gasteiger charge is 2.20. The maximum Gasteiger partial charge on any atom is 0.313 e. The number of halogens is 3. The second kappa shape index (κ2) is 5.85. The molecule has 0 aliphatic heterocycles. The normalized spacial score (nSPS) is 10.3. The minimum Gasteiger partial charge on any atom is -0.429 e. The summed E-state index contributed by atoms with van der Waals surface area (Å²) >= 11 is 12.4. The van der Waals surface area contributed by atoms with E-state index in [1.807, 2.05) is 0 Å². The standard InChI is InChI=1S/C11H5Br2ClN2O3/c12-6-4-7(13)11(15-5-6)19-10-8(14)2-1-3-9(10)16(17)18/h1-5H. The number of pyridine rings is 1. The Kier molecular flexibility index (Phi) is 4.38. The van der Waals surface area contributed by atoms with Gasteiger partial charge in [0.1, 0.15) is 0 Å². The largest absolute Gasteiger partial charge is 0.429 e. The molecule has 2 rings (SSSR count). The van der Waals surface area contributed by atoms with Crippen LogP contribution in [0.2, 0.25) is 5.02 Å². The van der Waals surface area contributed by atoms with Gasteiger partial charge in [-0.1, -0.05) is 17.7 Å². The average molecular weight is 408 g/mol. The van der Waals surface area contributed by atoms with Gasteiger partial charge >= 0.3 is 5.69 Å². The monoisotopic (exact) mass is 406 g/mol. The summed E-state index contributed by atoms with van der Waals surface area (Å²) in [6, 6.07) is 6.02. The van der Waals surface area contributed by atoms with Crippen LogP contribution in [0, 0.1) is 10.1 Å². The third-order valence-corrected chi connectivity index (χ3v) is 3.42. The van der Waals surface area contributed by atoms with Crippen molar-refractivity contribution in [3.8, 4) is 11.6 Å². The molecule has 0 aliphatic rings. The number of aromatic nitrogens is 1. The van der Waals surface area contributed by atoms with Gasteiger partial charge in [-0.2, -0.15) is 0 Å². The molecule has 0 saturated heterocycles. The number of hydrogen-bond donors (Lipinski definition) is 0. The maximum atomic E-state index is 10.9. The predicted molar refractivity (Wildman–Crippen MR) is 77.8 cm³/mol. The van der Waals surface area contributed by atoms with Crippen molar-refractivity contribution in [2.24, 2.45) is 0 Å². The van der Waals surface area contributed by atoms with E-state index in [1.54, 1.807) is 6.07 Å². The summed E-state index contributed by atoms with van der Waals surface area (Å²) in [4.78, 5) is 14.4. The van der Waals surface area contributed by atoms with Crippen LogP contribution in [-0.4, -0.2) is 9.91 Å². The fourth-order valence-corrected chi connectivity index (χ4v) is 2.59. The first-order valence-corrected chi connectivity index (χ1v) is 6.87. The molecule has 1 aromatic carbocycles. The van der Waals surface area contributed by atoms with Crippen molar-refractivity contribution in [1.29, 1.82) is 0 Å². The first kappa shape index (κ1) is 14.2. The number of para-hydroxylation sites is 1. The van der Waals surface area contributed by atoms with Gasteiger partial charge in [-0.05, 0) is 44.0 Å². The van der Waals surface area contributed by atoms with Gasteiger partial charge in [0.25, 0.3) is 0 Å². The van der Waals surface area contributed by atoms with Crippen LogP contribution in [0.25, 0.3) is 0 Å². The molecule has 1 aromatic heterocycles. The van der Waals surface area contributed by atoms with Crippen molar-refractivity contribution in [1.82, 2.24) is 4.98 Å². The second-order valence-electron chi connectivity index (χ2n) is 3.39. The molecule has 19 heavy (non-hydrogen) atoms. The zero-order chi connectivity index (χ0) is 14.0. The van der Waals surface area contributed by atoms with Gasteiger partial charge in [-0.15, -0.1) is 0 Å². The Hall–Kier alpha value is -1.18. The topological polar surface area (TPSA) is 65.3 Å². The summed E-state index contributed by atoms with van der Waals surface area (Å²) in [6.45, 7) is 0. The third-order valence-electron chi connectivity index (χ3n) is 2.12. The molecule has 0 N–H and O–H groups in total. The van der Waals surface area contributed by atoms with Crippen molar-refractivity contribution in [3.05, 3.63) is 54.5 Å². The van der Waals surface area contributed by atoms with E-state index >= 15 is 0 Å². The Balaban J connectivity index is 2.46. The van der Waals surface area contributed by atoms with Crippen molar-refractivity contribution in [3.63, 3.8) is 0 Å². The molecular weight excluding hydrogens is 403 g/mol. The van der Waals surface area contributed by atoms with Crippen LogP contribution in [0.3, 0.4) is 0 Å². The molecule has 0 fully saturated rings. The van der Waals surface area contributed by atoms with Crippen LogP contribution in [0.4, 0.5) is 5.69 Å². The fraction of sp³-hybridized carbons (Fsp3) is 0. The number of benzene rings is 1. The fourth-order valence-electron chi connectivity index (χ4n) is 1.32. The average Bonchev–Trinajstić information content (AvgIpc) is 2.34. The van der Waals surface area contributed by atoms with Crippen LogP contribution in [0.5, 0.6) is 11.6 Å². The molecule has 0 radical (unpaired) electrons. The number of nitro groups is 1. The van der Waals surface area contributed by atoms with Crippen LogP contribution in [0.15, 0.2) is 39.4 Å². The van der Waals surface area contributed by atoms with E-state index in [9.17, 15) is 10.1 Å². The first-order valence-electron chi connectivity index (χ1n) is 4.91. The maximum absolute atomic E-state index is 10.9. The minimum absolute atomic E-state index is 0.0373. The molecule has 0 atom stereocenters. The van der Waals surface area contributed by atoms with E-state index < -0.39 is 4.92 Å². The van der Waals surface area contributed by atoms with Gasteiger partial charge in [0.2, 0.25) is 11.6 Å². The summed E-state index contributed by atoms with van der Waals surface area (Å²) in [7, 11) is 0. The lowest BCUT2D eigenvalue weighted by Gasteiger charge is -2.08. The van der Waals surface area contributed by atoms with Crippen LogP contribution in [-0.2, 0) is 0 Å². The van der Waals surface area contributed by atoms with Gasteiger partial charge < -0.3 is 4.74 Å². The molecule has 0 spiro atoms. The van der Waals surface area contributed by atoms with E-state index in [-0.39, 0.29) is 22.3 Å². The summed E-state index contributed by atoms with van der Waals surface area (Å²) in [5.41, 5.74) is -0.218. The SMILES string of the molecule is O=[N+]([O-])c1cccc(Cl)c1Oc1ncc(Br)cc1Br. The first-order chi connectivity index (χ1) is 8.99. The molecule has 2 aromatic rings. The summed E-state index contributed by atoms with van der Waals surface area (Å²) < 4.78 is 6.74. The van der Waals surface area contributed by atoms with Crippen molar-refractivity contribution in [2.75, 3.05) is 0 Å². The molecule has 8 heteroatoms. The van der Waals surface area contributed by atoms with E-state index in [0.717, 1.165) is 4.47 Å². The lowest BCUT2D eigenvalue weighted by molar-refractivity contribution is -0.385. The zero-order valence-corrected chi connectivity index (χ0v) is 13.1. The number of hydrogen-bond acceptors (Lipinski definition) is 4. The quantitative estimate of drug-likeness (QED) is 0.532. The number of ether oxygens (including phenoxy) is 1. The van der Waals surface area contributed by atoms with Gasteiger partial charge in [-0.25, -0.2) is 4.98 Å². The predicted octanol–water partition coefficient (Wildman–Crippen LogP) is 4.96. The van der Waals surface area contributed by atoms with Gasteiger partial charge in [0.05, 0.1) is 14.4 Å². The summed E-state index contributed by atoms with van der Waals surface area (Å²) in [5, 5.41) is 11.1. The van der Waals surface area contributed by atoms with E-state index in [4.69, 9.17) is 16.3 Å². The highest BCUT2D eigenvalue weighted by molar-refractivity contribution is 9.11. The zero-order valence-electron chi connectivity index (χ0n) is 9.14. The Morgan fingerprint density at radius 1 is 1.37 bits per heavy atom. The highest BCUT2D eigenvalue weighted by Crippen LogP contribution is 2.39. The van der Waals surface area contributed by atoms with Gasteiger partial charge in [-0.3, -0.25) is 10.1 Å². The smallest absolute Gasteiger partial charge is 0.313 e. The van der Waals surface area contributed by atoms with E-state index in [0.29, 0.717) is 4.47 Å². The highest BCUT2D eigenvalue weighted by atomic mass is 79.9. The summed E-state index contributed by atoms with van der Waals surface area (Å²) in [5.74, 6) is 0.157. The van der Waals surface area contributed by atoms with Crippen molar-refractivity contribution in [2.45, 2.75) is 0 Å². The molecule has 98 valence electrons. The van der Waals surface area contributed by atoms with Gasteiger partial charge in [0, 0.05) is 16.7 Å². The Bertz CT molecular complexity index is 652. The molecule has 0 amide bonds. The molecule has 0 aliphatic carbocycles. The molecular formula is C11H5Br2ClN2O3. The van der Waals surface area contributed by atoms with E-state index in [2.05, 4.69) is 36.8 Å². The number of nitrogens with zero attached hydrogens (tertiary/aromatic N) is 2. The van der Waals surface area contributed by atoms with Crippen LogP contribution < -0.4 is 4.74 Å². The van der Waals surface area contributed by atoms with Gasteiger partial charge in [0.15, 0.2) is 0 Å². The third kappa shape index (κ3) is 3.23. The lowest BCUT2D eigenvalue weighted by Crippen LogP contribution is -1.96. The Morgan fingerprint density at radius 2 is 2.11 bits per heavy atom. The van der Waals surface area contributed by atoms with Crippen LogP contribution >= 0.6 is 43.5 Å². The van der Waals surface area contributed by atoms with Crippen LogP contribution in [0.1, 0.15) is 0 Å². The van der Waals surface area contributed by atoms with E-state index in [1.165, 1.54) is 24.4 Å². The lowest BCUT2D eigenvalue weighted by atomic mass is 10.3. The Morgan fingerprint density at radius 3 is 2.74 bits per heavy atom. The number of nitro benzene ring substituents is 1.